The number of aromatic nitrogens is 2. The molecule has 1 atom stereocenters. The van der Waals surface area contributed by atoms with Gasteiger partial charge in [0, 0.05) is 11.8 Å². The summed E-state index contributed by atoms with van der Waals surface area (Å²) in [5.41, 5.74) is 5.35. The van der Waals surface area contributed by atoms with E-state index in [1.807, 2.05) is 36.8 Å². The summed E-state index contributed by atoms with van der Waals surface area (Å²) in [6, 6.07) is 41.8. The molecule has 0 spiro atoms. The average Bonchev–Trinajstić information content (AvgIpc) is 3.61. The number of aliphatic hydroxyl groups is 1. The Morgan fingerprint density at radius 1 is 0.844 bits per heavy atom. The van der Waals surface area contributed by atoms with Gasteiger partial charge in [-0.05, 0) is 58.0 Å². The van der Waals surface area contributed by atoms with Gasteiger partial charge in [-0.3, -0.25) is 0 Å². The maximum absolute atomic E-state index is 11.6. The van der Waals surface area contributed by atoms with Gasteiger partial charge in [-0.25, -0.2) is 4.98 Å². The van der Waals surface area contributed by atoms with E-state index < -0.39 is 11.6 Å². The van der Waals surface area contributed by atoms with Gasteiger partial charge in [-0.1, -0.05) is 109 Å². The number of unbranched alkanes of at least 4 members (excludes halogenated alkanes) is 1. The van der Waals surface area contributed by atoms with Crippen LogP contribution in [0.2, 0.25) is 5.09 Å². The van der Waals surface area contributed by atoms with Crippen LogP contribution in [0.25, 0.3) is 10.8 Å². The summed E-state index contributed by atoms with van der Waals surface area (Å²) in [4.78, 5) is 4.78. The first kappa shape index (κ1) is 30.9. The van der Waals surface area contributed by atoms with E-state index >= 15 is 0 Å². The van der Waals surface area contributed by atoms with Crippen LogP contribution in [0.3, 0.4) is 0 Å². The monoisotopic (exact) mass is 586 g/mol. The van der Waals surface area contributed by atoms with Gasteiger partial charge < -0.3 is 14.4 Å². The predicted octanol–water partition coefficient (Wildman–Crippen LogP) is 8.66. The fraction of sp³-hybridized carbons (Fsp3) is 0.225. The Hall–Kier alpha value is -4.07. The zero-order valence-corrected chi connectivity index (χ0v) is 26.3. The first-order valence-corrected chi connectivity index (χ1v) is 16.2. The zero-order valence-electron chi connectivity index (χ0n) is 26.3. The molecule has 1 aromatic heterocycles. The van der Waals surface area contributed by atoms with Crippen molar-refractivity contribution in [3.63, 3.8) is 0 Å². The fourth-order valence-corrected chi connectivity index (χ4v) is 6.56. The summed E-state index contributed by atoms with van der Waals surface area (Å²) < 4.78 is 8.00. The zero-order chi connectivity index (χ0) is 31.1. The van der Waals surface area contributed by atoms with Gasteiger partial charge in [-0.15, -0.1) is 0 Å². The third kappa shape index (κ3) is 6.24. The van der Waals surface area contributed by atoms with E-state index in [2.05, 4.69) is 126 Å². The number of hydrogen-bond donors (Lipinski definition) is 1. The van der Waals surface area contributed by atoms with Crippen LogP contribution < -0.4 is 4.74 Å². The summed E-state index contributed by atoms with van der Waals surface area (Å²) in [6.07, 6.45) is 7.75. The van der Waals surface area contributed by atoms with Gasteiger partial charge in [0.25, 0.3) is 0 Å². The quantitative estimate of drug-likeness (QED) is 0.143. The summed E-state index contributed by atoms with van der Waals surface area (Å²) >= 11 is 2.21. The molecule has 5 heteroatoms. The van der Waals surface area contributed by atoms with Crippen LogP contribution in [0, 0.1) is 0 Å². The number of rotatable bonds is 8. The van der Waals surface area contributed by atoms with Crippen molar-refractivity contribution in [2.24, 2.45) is 0 Å². The predicted molar refractivity (Wildman–Crippen MR) is 184 cm³/mol. The van der Waals surface area contributed by atoms with Crippen LogP contribution in [0.5, 0.6) is 5.75 Å². The number of benzene rings is 5. The van der Waals surface area contributed by atoms with E-state index in [-0.39, 0.29) is 0 Å². The van der Waals surface area contributed by atoms with E-state index in [1.54, 1.807) is 0 Å². The molecular formula is C40H39LiN2O2. The van der Waals surface area contributed by atoms with Gasteiger partial charge in [0.2, 0.25) is 0 Å². The second-order valence-electron chi connectivity index (χ2n) is 11.7. The van der Waals surface area contributed by atoms with E-state index in [0.29, 0.717) is 5.69 Å². The Kier molecular flexibility index (Phi) is 9.87. The standard InChI is InChI=1S/C36H30N2O2.C4H9.Li/c39-35(27-18-20-31-26(23-27)19-21-34-32(31)17-10-22-40-34)33-24-38(25-37-33)36(28-11-4-1-5-12-28,29-13-6-2-7-14-29)30-15-8-3-9-16-30;1-3-4-2;/h1-9,11-16,18-21,23-25,35,39H,10,17,22H2;1,3-4H2,2H3;. The van der Waals surface area contributed by atoms with Crippen molar-refractivity contribution in [2.75, 3.05) is 6.61 Å². The minimum atomic E-state index is -0.863. The maximum atomic E-state index is 11.6. The fourth-order valence-electron chi connectivity index (χ4n) is 6.56. The Morgan fingerprint density at radius 2 is 1.47 bits per heavy atom. The molecule has 0 saturated heterocycles. The molecular weight excluding hydrogens is 547 g/mol. The number of ether oxygens (including phenoxy) is 1. The first-order chi connectivity index (χ1) is 22.2. The van der Waals surface area contributed by atoms with E-state index in [0.717, 1.165) is 52.8 Å². The van der Waals surface area contributed by atoms with Crippen LogP contribution in [-0.4, -0.2) is 39.0 Å². The van der Waals surface area contributed by atoms with Crippen molar-refractivity contribution in [1.29, 1.82) is 0 Å². The topological polar surface area (TPSA) is 47.3 Å². The molecule has 6 aromatic rings. The Balaban J connectivity index is 0.000000664. The molecule has 222 valence electrons. The van der Waals surface area contributed by atoms with Crippen molar-refractivity contribution >= 4 is 28.5 Å². The molecule has 2 heterocycles. The third-order valence-corrected chi connectivity index (χ3v) is 8.81. The van der Waals surface area contributed by atoms with Crippen LogP contribution >= 0.6 is 0 Å². The molecule has 45 heavy (non-hydrogen) atoms. The molecule has 0 aliphatic carbocycles. The SMILES string of the molecule is OC(c1ccc2c3c(ccc2c1)OCCC3)c1cn(C(c2ccccc2)(c2ccccc2)c2ccccc2)cn1.[Li][CH2]CCC. The van der Waals surface area contributed by atoms with E-state index in [9.17, 15) is 5.11 Å². The molecule has 1 N–H and O–H groups in total. The molecule has 7 rings (SSSR count). The van der Waals surface area contributed by atoms with Crippen LogP contribution in [0.1, 0.15) is 65.8 Å². The molecule has 0 saturated carbocycles. The second-order valence-corrected chi connectivity index (χ2v) is 11.7. The van der Waals surface area contributed by atoms with E-state index in [4.69, 9.17) is 9.72 Å². The van der Waals surface area contributed by atoms with Crippen molar-refractivity contribution in [3.05, 3.63) is 167 Å². The average molecular weight is 587 g/mol. The number of nitrogens with zero attached hydrogens (tertiary/aromatic N) is 2. The normalized spacial score (nSPS) is 13.3. The number of fused-ring (bicyclic) bond motifs is 3. The molecule has 0 amide bonds. The summed E-state index contributed by atoms with van der Waals surface area (Å²) in [7, 11) is 0. The van der Waals surface area contributed by atoms with Gasteiger partial charge >= 0.3 is 42.6 Å². The third-order valence-electron chi connectivity index (χ3n) is 8.81. The second kappa shape index (κ2) is 14.4. The summed E-state index contributed by atoms with van der Waals surface area (Å²) in [6.45, 7) is 2.98. The minimum absolute atomic E-state index is 0.604. The van der Waals surface area contributed by atoms with Crippen molar-refractivity contribution in [2.45, 2.75) is 49.3 Å². The molecule has 0 fully saturated rings. The van der Waals surface area contributed by atoms with Gasteiger partial charge in [0.1, 0.15) is 17.4 Å². The van der Waals surface area contributed by atoms with Crippen LogP contribution in [-0.2, 0) is 12.0 Å². The molecule has 0 bridgehead atoms. The van der Waals surface area contributed by atoms with Crippen molar-refractivity contribution in [1.82, 2.24) is 9.55 Å². The Bertz CT molecular complexity index is 1720. The Morgan fingerprint density at radius 3 is 2.02 bits per heavy atom. The molecule has 1 unspecified atom stereocenters. The van der Waals surface area contributed by atoms with Crippen LogP contribution in [0.4, 0.5) is 0 Å². The number of imidazole rings is 1. The van der Waals surface area contributed by atoms with Crippen LogP contribution in [0.15, 0.2) is 134 Å². The molecule has 1 aliphatic heterocycles. The number of hydrogen-bond acceptors (Lipinski definition) is 3. The molecule has 5 aromatic carbocycles. The Labute approximate surface area is 275 Å². The molecule has 0 radical (unpaired) electrons. The van der Waals surface area contributed by atoms with Crippen molar-refractivity contribution in [3.8, 4) is 5.75 Å². The molecule has 1 aliphatic rings. The van der Waals surface area contributed by atoms with Gasteiger partial charge in [0.15, 0.2) is 0 Å². The summed E-state index contributed by atoms with van der Waals surface area (Å²) in [5.74, 6) is 0.977. The molecule has 4 nitrogen and oxygen atoms in total. The van der Waals surface area contributed by atoms with E-state index in [1.165, 1.54) is 28.9 Å². The number of aryl methyl sites for hydroxylation is 1. The number of aliphatic hydroxyl groups excluding tert-OH is 1. The van der Waals surface area contributed by atoms with Gasteiger partial charge in [0.05, 0.1) is 18.6 Å². The first-order valence-electron chi connectivity index (χ1n) is 16.2. The summed E-state index contributed by atoms with van der Waals surface area (Å²) in [5, 5.41) is 15.2. The van der Waals surface area contributed by atoms with Crippen molar-refractivity contribution < 1.29 is 9.84 Å². The van der Waals surface area contributed by atoms with Gasteiger partial charge in [-0.2, -0.15) is 0 Å².